The number of hydrogen-bond donors (Lipinski definition) is 0. The summed E-state index contributed by atoms with van der Waals surface area (Å²) in [6, 6.07) is 24.0. The van der Waals surface area contributed by atoms with Crippen LogP contribution in [-0.2, 0) is 6.61 Å². The third-order valence-electron chi connectivity index (χ3n) is 4.60. The van der Waals surface area contributed by atoms with Gasteiger partial charge in [0.2, 0.25) is 0 Å². The zero-order chi connectivity index (χ0) is 20.5. The highest BCUT2D eigenvalue weighted by Crippen LogP contribution is 2.20. The third kappa shape index (κ3) is 6.39. The van der Waals surface area contributed by atoms with Crippen LogP contribution in [-0.4, -0.2) is 12.6 Å². The minimum Gasteiger partial charge on any atom is -0.493 e. The largest absolute Gasteiger partial charge is 0.493 e. The van der Waals surface area contributed by atoms with Crippen molar-refractivity contribution in [2.24, 2.45) is 5.92 Å². The van der Waals surface area contributed by atoms with Crippen LogP contribution in [0.4, 0.5) is 0 Å². The average molecular weight is 390 g/mol. The van der Waals surface area contributed by atoms with E-state index in [1.165, 1.54) is 0 Å². The van der Waals surface area contributed by atoms with E-state index in [1.54, 1.807) is 36.4 Å². The van der Waals surface area contributed by atoms with Gasteiger partial charge in [-0.1, -0.05) is 50.6 Å². The van der Waals surface area contributed by atoms with Gasteiger partial charge >= 0.3 is 5.97 Å². The maximum atomic E-state index is 12.3. The molecule has 0 heterocycles. The first kappa shape index (κ1) is 20.5. The number of carbonyl (C=O) groups excluding carboxylic acids is 1. The van der Waals surface area contributed by atoms with Crippen LogP contribution in [0.1, 0.15) is 36.2 Å². The molecule has 0 amide bonds. The van der Waals surface area contributed by atoms with E-state index in [2.05, 4.69) is 13.8 Å². The summed E-state index contributed by atoms with van der Waals surface area (Å²) in [6.45, 7) is 5.44. The van der Waals surface area contributed by atoms with Gasteiger partial charge in [-0.15, -0.1) is 0 Å². The molecule has 0 aliphatic heterocycles. The second kappa shape index (κ2) is 10.3. The molecule has 0 aliphatic carbocycles. The predicted molar refractivity (Wildman–Crippen MR) is 114 cm³/mol. The highest BCUT2D eigenvalue weighted by Gasteiger charge is 2.09. The van der Waals surface area contributed by atoms with Crippen molar-refractivity contribution in [1.29, 1.82) is 0 Å². The van der Waals surface area contributed by atoms with Crippen LogP contribution in [0.25, 0.3) is 0 Å². The van der Waals surface area contributed by atoms with E-state index in [0.717, 1.165) is 17.7 Å². The Kier molecular flexibility index (Phi) is 7.28. The molecule has 0 aliphatic rings. The first-order valence-corrected chi connectivity index (χ1v) is 9.86. The molecule has 0 bridgehead atoms. The lowest BCUT2D eigenvalue weighted by atomic mass is 10.1. The van der Waals surface area contributed by atoms with Gasteiger partial charge in [0.25, 0.3) is 0 Å². The lowest BCUT2D eigenvalue weighted by Crippen LogP contribution is -2.09. The zero-order valence-corrected chi connectivity index (χ0v) is 16.8. The summed E-state index contributed by atoms with van der Waals surface area (Å²) < 4.78 is 16.9. The number of carbonyl (C=O) groups is 1. The summed E-state index contributed by atoms with van der Waals surface area (Å²) in [5.74, 6) is 2.05. The molecule has 0 radical (unpaired) electrons. The molecule has 150 valence electrons. The monoisotopic (exact) mass is 390 g/mol. The van der Waals surface area contributed by atoms with Crippen LogP contribution in [0.15, 0.2) is 78.9 Å². The van der Waals surface area contributed by atoms with Crippen LogP contribution in [0, 0.1) is 5.92 Å². The van der Waals surface area contributed by atoms with Crippen molar-refractivity contribution in [3.05, 3.63) is 90.0 Å². The summed E-state index contributed by atoms with van der Waals surface area (Å²) in [5.41, 5.74) is 1.56. The summed E-state index contributed by atoms with van der Waals surface area (Å²) in [5, 5.41) is 0. The maximum Gasteiger partial charge on any atom is 0.343 e. The van der Waals surface area contributed by atoms with E-state index in [9.17, 15) is 4.79 Å². The molecule has 0 fully saturated rings. The minimum atomic E-state index is -0.409. The van der Waals surface area contributed by atoms with E-state index in [0.29, 0.717) is 36.2 Å². The number of ether oxygens (including phenoxy) is 3. The van der Waals surface area contributed by atoms with Crippen molar-refractivity contribution in [3.63, 3.8) is 0 Å². The summed E-state index contributed by atoms with van der Waals surface area (Å²) >= 11 is 0. The number of benzene rings is 3. The van der Waals surface area contributed by atoms with Gasteiger partial charge in [0.1, 0.15) is 23.9 Å². The van der Waals surface area contributed by atoms with Crippen molar-refractivity contribution in [1.82, 2.24) is 0 Å². The fraction of sp³-hybridized carbons (Fsp3) is 0.240. The molecule has 29 heavy (non-hydrogen) atoms. The fourth-order valence-corrected chi connectivity index (χ4v) is 2.55. The van der Waals surface area contributed by atoms with Gasteiger partial charge in [0.05, 0.1) is 12.2 Å². The molecule has 0 saturated carbocycles. The molecule has 0 saturated heterocycles. The van der Waals surface area contributed by atoms with Crippen molar-refractivity contribution in [2.45, 2.75) is 26.9 Å². The molecule has 0 spiro atoms. The summed E-state index contributed by atoms with van der Waals surface area (Å²) in [4.78, 5) is 12.3. The van der Waals surface area contributed by atoms with Gasteiger partial charge in [-0.2, -0.15) is 0 Å². The average Bonchev–Trinajstić information content (AvgIpc) is 2.78. The van der Waals surface area contributed by atoms with E-state index in [-0.39, 0.29) is 0 Å². The third-order valence-corrected chi connectivity index (χ3v) is 4.60. The van der Waals surface area contributed by atoms with E-state index in [1.807, 2.05) is 42.5 Å². The quantitative estimate of drug-likeness (QED) is 0.337. The van der Waals surface area contributed by atoms with Gasteiger partial charge in [-0.05, 0) is 60.0 Å². The summed E-state index contributed by atoms with van der Waals surface area (Å²) in [7, 11) is 0. The van der Waals surface area contributed by atoms with Crippen LogP contribution in [0.5, 0.6) is 17.2 Å². The second-order valence-electron chi connectivity index (χ2n) is 6.98. The standard InChI is InChI=1S/C25H26O4/c1-3-19(2)17-27-23-13-15-24(16-14-23)29-25(26)21-9-11-22(12-10-21)28-18-20-7-5-4-6-8-20/h4-16,19H,3,17-18H2,1-2H3. The molecule has 3 aromatic rings. The first-order chi connectivity index (χ1) is 14.1. The first-order valence-electron chi connectivity index (χ1n) is 9.86. The van der Waals surface area contributed by atoms with Crippen molar-refractivity contribution >= 4 is 5.97 Å². The summed E-state index contributed by atoms with van der Waals surface area (Å²) in [6.07, 6.45) is 1.08. The number of hydrogen-bond acceptors (Lipinski definition) is 4. The van der Waals surface area contributed by atoms with Gasteiger partial charge in [-0.25, -0.2) is 4.79 Å². The molecule has 3 rings (SSSR count). The predicted octanol–water partition coefficient (Wildman–Crippen LogP) is 5.91. The Balaban J connectivity index is 1.51. The Bertz CT molecular complexity index is 886. The molecule has 4 heteroatoms. The maximum absolute atomic E-state index is 12.3. The van der Waals surface area contributed by atoms with Crippen LogP contribution in [0.3, 0.4) is 0 Å². The molecule has 0 aromatic heterocycles. The Hall–Kier alpha value is -3.27. The normalized spacial score (nSPS) is 11.5. The molecule has 1 unspecified atom stereocenters. The molecule has 0 N–H and O–H groups in total. The smallest absolute Gasteiger partial charge is 0.343 e. The van der Waals surface area contributed by atoms with Crippen LogP contribution in [0.2, 0.25) is 0 Å². The van der Waals surface area contributed by atoms with Gasteiger partial charge in [0.15, 0.2) is 0 Å². The van der Waals surface area contributed by atoms with Crippen LogP contribution >= 0.6 is 0 Å². The van der Waals surface area contributed by atoms with E-state index < -0.39 is 5.97 Å². The van der Waals surface area contributed by atoms with Crippen molar-refractivity contribution in [2.75, 3.05) is 6.61 Å². The molecule has 4 nitrogen and oxygen atoms in total. The molecular formula is C25H26O4. The highest BCUT2D eigenvalue weighted by atomic mass is 16.5. The van der Waals surface area contributed by atoms with Crippen LogP contribution < -0.4 is 14.2 Å². The Morgan fingerprint density at radius 3 is 2.03 bits per heavy atom. The Labute approximate surface area is 172 Å². The topological polar surface area (TPSA) is 44.8 Å². The van der Waals surface area contributed by atoms with E-state index >= 15 is 0 Å². The zero-order valence-electron chi connectivity index (χ0n) is 16.8. The molecular weight excluding hydrogens is 364 g/mol. The lowest BCUT2D eigenvalue weighted by molar-refractivity contribution is 0.0734. The second-order valence-corrected chi connectivity index (χ2v) is 6.98. The number of esters is 1. The minimum absolute atomic E-state index is 0.409. The van der Waals surface area contributed by atoms with Gasteiger partial charge < -0.3 is 14.2 Å². The Morgan fingerprint density at radius 2 is 1.38 bits per heavy atom. The SMILES string of the molecule is CCC(C)COc1ccc(OC(=O)c2ccc(OCc3ccccc3)cc2)cc1. The van der Waals surface area contributed by atoms with Gasteiger partial charge in [0, 0.05) is 0 Å². The van der Waals surface area contributed by atoms with Gasteiger partial charge in [-0.3, -0.25) is 0 Å². The number of rotatable bonds is 9. The van der Waals surface area contributed by atoms with Crippen molar-refractivity contribution in [3.8, 4) is 17.2 Å². The van der Waals surface area contributed by atoms with E-state index in [4.69, 9.17) is 14.2 Å². The Morgan fingerprint density at radius 1 is 0.793 bits per heavy atom. The highest BCUT2D eigenvalue weighted by molar-refractivity contribution is 5.91. The molecule has 1 atom stereocenters. The lowest BCUT2D eigenvalue weighted by Gasteiger charge is -2.11. The fourth-order valence-electron chi connectivity index (χ4n) is 2.55. The molecule has 3 aromatic carbocycles. The van der Waals surface area contributed by atoms with Crippen molar-refractivity contribution < 1.29 is 19.0 Å².